The van der Waals surface area contributed by atoms with Gasteiger partial charge in [-0.1, -0.05) is 0 Å². The molecule has 2 saturated heterocycles. The number of hydrogen-bond donors (Lipinski definition) is 6. The minimum Gasteiger partial charge on any atom is -0.431 e. The van der Waals surface area contributed by atoms with Gasteiger partial charge in [-0.3, -0.25) is 0 Å². The van der Waals surface area contributed by atoms with E-state index < -0.39 is 54.0 Å². The first-order chi connectivity index (χ1) is 27.0. The van der Waals surface area contributed by atoms with Crippen LogP contribution in [0.25, 0.3) is 11.0 Å². The van der Waals surface area contributed by atoms with Gasteiger partial charge in [-0.15, -0.1) is 0 Å². The number of hydrogen-bond acceptors (Lipinski definition) is 17. The van der Waals surface area contributed by atoms with Crippen molar-refractivity contribution in [3.8, 4) is 12.1 Å². The fraction of sp³-hybridized carbons (Fsp3) is 0.595. The Bertz CT molecular complexity index is 2020. The Morgan fingerprint density at radius 2 is 1.11 bits per heavy atom. The fourth-order valence-electron chi connectivity index (χ4n) is 9.14. The molecule has 4 fully saturated rings. The summed E-state index contributed by atoms with van der Waals surface area (Å²) in [4.78, 5) is 20.8. The largest absolute Gasteiger partial charge is 0.508 e. The summed E-state index contributed by atoms with van der Waals surface area (Å²) in [7, 11) is 0. The summed E-state index contributed by atoms with van der Waals surface area (Å²) in [6.07, 6.45) is -1.80. The number of nitrogens with two attached hydrogens (primary N) is 2. The maximum atomic E-state index is 12.8. The molecule has 56 heavy (non-hydrogen) atoms. The van der Waals surface area contributed by atoms with Gasteiger partial charge in [-0.25, -0.2) is 23.8 Å². The molecular weight excluding hydrogens is 728 g/mol. The summed E-state index contributed by atoms with van der Waals surface area (Å²) in [5.41, 5.74) is 10.5. The summed E-state index contributed by atoms with van der Waals surface area (Å²) in [6, 6.07) is 11.0. The number of nitrogens with zero attached hydrogens (tertiary/aromatic N) is 8. The van der Waals surface area contributed by atoms with Crippen molar-refractivity contribution in [3.05, 3.63) is 48.3 Å². The van der Waals surface area contributed by atoms with E-state index >= 15 is 0 Å². The Balaban J connectivity index is 0.801. The SMILES string of the molecule is N#C[C@@]1(CC2CCC(OC(=O)OC3CCC(C[C@]4(C#N)O[C@@H](c5ccc6c(N)ncnn56)[C@H](O)[C@@H]4O)CC3)CC2)O[C@@H](c2ccc3c(N)ncnn23)[C@H](O)[C@@H]1O. The molecule has 2 aliphatic carbocycles. The first-order valence-corrected chi connectivity index (χ1v) is 18.9. The van der Waals surface area contributed by atoms with Crippen molar-refractivity contribution in [3.63, 3.8) is 0 Å². The van der Waals surface area contributed by atoms with Gasteiger partial charge in [-0.05, 0) is 100 Å². The van der Waals surface area contributed by atoms with Crippen LogP contribution >= 0.6 is 0 Å². The van der Waals surface area contributed by atoms with Gasteiger partial charge in [-0.2, -0.15) is 20.7 Å². The van der Waals surface area contributed by atoms with Crippen LogP contribution in [-0.2, 0) is 18.9 Å². The molecule has 6 heterocycles. The molecule has 2 aliphatic heterocycles. The Hall–Kier alpha value is -5.15. The highest BCUT2D eigenvalue weighted by atomic mass is 16.7. The van der Waals surface area contributed by atoms with Crippen molar-refractivity contribution >= 4 is 28.8 Å². The molecule has 19 heteroatoms. The summed E-state index contributed by atoms with van der Waals surface area (Å²) in [6.45, 7) is 0. The number of aliphatic hydroxyl groups excluding tert-OH is 4. The summed E-state index contributed by atoms with van der Waals surface area (Å²) >= 11 is 0. The number of rotatable bonds is 8. The number of ether oxygens (including phenoxy) is 4. The van der Waals surface area contributed by atoms with E-state index in [1.807, 2.05) is 0 Å². The minimum atomic E-state index is -1.65. The second-order valence-electron chi connectivity index (χ2n) is 15.5. The third-order valence-electron chi connectivity index (χ3n) is 12.2. The summed E-state index contributed by atoms with van der Waals surface area (Å²) in [5, 5.41) is 73.0. The molecule has 8 rings (SSSR count). The van der Waals surface area contributed by atoms with Crippen LogP contribution in [0.2, 0.25) is 0 Å². The molecule has 0 bridgehead atoms. The molecule has 19 nitrogen and oxygen atoms in total. The van der Waals surface area contributed by atoms with E-state index in [4.69, 9.17) is 30.4 Å². The molecule has 8 N–H and O–H groups in total. The van der Waals surface area contributed by atoms with Crippen molar-refractivity contribution < 1.29 is 44.2 Å². The zero-order valence-corrected chi connectivity index (χ0v) is 30.4. The van der Waals surface area contributed by atoms with Gasteiger partial charge in [0.05, 0.1) is 11.4 Å². The lowest BCUT2D eigenvalue weighted by Crippen LogP contribution is -2.44. The summed E-state index contributed by atoms with van der Waals surface area (Å²) in [5.74, 6) is 0.416. The number of anilines is 2. The normalized spacial score (nSPS) is 36.0. The molecule has 2 saturated carbocycles. The molecule has 0 unspecified atom stereocenters. The lowest BCUT2D eigenvalue weighted by atomic mass is 9.78. The van der Waals surface area contributed by atoms with Gasteiger partial charge in [0.15, 0.2) is 22.8 Å². The molecule has 0 spiro atoms. The van der Waals surface area contributed by atoms with E-state index in [1.165, 1.54) is 21.7 Å². The average molecular weight is 773 g/mol. The first kappa shape index (κ1) is 37.8. The van der Waals surface area contributed by atoms with Crippen molar-refractivity contribution in [1.29, 1.82) is 10.5 Å². The van der Waals surface area contributed by atoms with E-state index in [0.29, 0.717) is 73.8 Å². The molecular formula is C37H44N10O9. The quantitative estimate of drug-likeness (QED) is 0.139. The monoisotopic (exact) mass is 772 g/mol. The number of nitrogen functional groups attached to an aromatic ring is 2. The van der Waals surface area contributed by atoms with Crippen LogP contribution in [0.1, 0.15) is 87.8 Å². The Morgan fingerprint density at radius 3 is 1.48 bits per heavy atom. The standard InChI is InChI=1S/C37H44N10O9/c38-15-36(31(50)27(48)29(55-36)23-9-11-25-33(40)42-17-44-46(23)25)13-19-1-5-21(6-2-19)53-35(52)54-22-7-3-20(4-8-22)14-37(16-39)32(51)28(49)30(56-37)24-10-12-26-34(41)43-18-45-47(24)26/h9-12,17-22,27-32,48-51H,1-8,13-14H2,(H2,40,42,44)(H2,41,43,45)/t19?,20?,21?,22?,27-,28-,29-,30-,31-,32-,36+,37+/m0/s1. The van der Waals surface area contributed by atoms with Gasteiger partial charge >= 0.3 is 6.16 Å². The highest BCUT2D eigenvalue weighted by molar-refractivity contribution is 5.66. The van der Waals surface area contributed by atoms with Gasteiger partial charge in [0, 0.05) is 0 Å². The number of carbonyl (C=O) groups is 1. The number of aliphatic hydroxyl groups is 4. The lowest BCUT2D eigenvalue weighted by Gasteiger charge is -2.34. The maximum absolute atomic E-state index is 12.8. The number of aromatic nitrogens is 6. The maximum Gasteiger partial charge on any atom is 0.508 e. The molecule has 4 aliphatic rings. The van der Waals surface area contributed by atoms with Crippen LogP contribution in [-0.4, -0.2) is 104 Å². The molecule has 4 aromatic rings. The predicted molar refractivity (Wildman–Crippen MR) is 191 cm³/mol. The van der Waals surface area contributed by atoms with Crippen molar-refractivity contribution in [2.45, 2.75) is 124 Å². The Labute approximate surface area is 320 Å². The first-order valence-electron chi connectivity index (χ1n) is 18.9. The zero-order valence-electron chi connectivity index (χ0n) is 30.4. The molecule has 0 aromatic carbocycles. The van der Waals surface area contributed by atoms with Crippen LogP contribution in [0.4, 0.5) is 16.4 Å². The number of carbonyl (C=O) groups excluding carboxylic acids is 1. The highest BCUT2D eigenvalue weighted by Crippen LogP contribution is 2.47. The van der Waals surface area contributed by atoms with Gasteiger partial charge < -0.3 is 50.8 Å². The van der Waals surface area contributed by atoms with Crippen molar-refractivity contribution in [2.24, 2.45) is 11.8 Å². The van der Waals surface area contributed by atoms with Crippen molar-refractivity contribution in [2.75, 3.05) is 11.5 Å². The molecule has 4 aromatic heterocycles. The smallest absolute Gasteiger partial charge is 0.431 e. The third-order valence-corrected chi connectivity index (χ3v) is 12.2. The second-order valence-corrected chi connectivity index (χ2v) is 15.5. The zero-order chi connectivity index (χ0) is 39.4. The van der Waals surface area contributed by atoms with Crippen molar-refractivity contribution in [1.82, 2.24) is 29.2 Å². The molecule has 0 radical (unpaired) electrons. The van der Waals surface area contributed by atoms with E-state index in [1.54, 1.807) is 24.3 Å². The lowest BCUT2D eigenvalue weighted by molar-refractivity contribution is -0.0704. The second kappa shape index (κ2) is 14.7. The molecule has 296 valence electrons. The number of nitriles is 2. The summed E-state index contributed by atoms with van der Waals surface area (Å²) < 4.78 is 26.6. The van der Waals surface area contributed by atoms with Gasteiger partial charge in [0.25, 0.3) is 0 Å². The minimum absolute atomic E-state index is 0.0329. The van der Waals surface area contributed by atoms with Gasteiger partial charge in [0.1, 0.15) is 84.7 Å². The average Bonchev–Trinajstić information content (AvgIpc) is 3.95. The van der Waals surface area contributed by atoms with Crippen LogP contribution in [0.3, 0.4) is 0 Å². The molecule has 0 amide bonds. The van der Waals surface area contributed by atoms with Crippen LogP contribution in [0.15, 0.2) is 36.9 Å². The van der Waals surface area contributed by atoms with Crippen LogP contribution in [0.5, 0.6) is 0 Å². The van der Waals surface area contributed by atoms with Crippen LogP contribution < -0.4 is 11.5 Å². The van der Waals surface area contributed by atoms with E-state index in [9.17, 15) is 35.7 Å². The Kier molecular flexibility index (Phi) is 9.94. The Morgan fingerprint density at radius 1 is 0.714 bits per heavy atom. The third kappa shape index (κ3) is 6.53. The van der Waals surface area contributed by atoms with E-state index in [-0.39, 0.29) is 48.5 Å². The molecule has 8 atom stereocenters. The van der Waals surface area contributed by atoms with Crippen LogP contribution in [0, 0.1) is 34.5 Å². The highest BCUT2D eigenvalue weighted by Gasteiger charge is 2.58. The van der Waals surface area contributed by atoms with Gasteiger partial charge in [0.2, 0.25) is 0 Å². The predicted octanol–water partition coefficient (Wildman–Crippen LogP) is 1.80. The fourth-order valence-corrected chi connectivity index (χ4v) is 9.14. The van der Waals surface area contributed by atoms with E-state index in [2.05, 4.69) is 32.3 Å². The van der Waals surface area contributed by atoms with E-state index in [0.717, 1.165) is 0 Å². The topological polar surface area (TPSA) is 295 Å². The number of fused-ring (bicyclic) bond motifs is 2.